The van der Waals surface area contributed by atoms with Gasteiger partial charge in [0.15, 0.2) is 15.5 Å². The summed E-state index contributed by atoms with van der Waals surface area (Å²) in [6, 6.07) is 21.0. The number of hydrogen-bond donors (Lipinski definition) is 2. The van der Waals surface area contributed by atoms with E-state index in [1.54, 1.807) is 22.7 Å². The molecule has 1 aliphatic heterocycles. The number of piperidine rings is 1. The molecule has 4 aromatic rings. The second-order valence-corrected chi connectivity index (χ2v) is 10.2. The lowest BCUT2D eigenvalue weighted by atomic mass is 9.90. The maximum atomic E-state index is 12.0. The van der Waals surface area contributed by atoms with Gasteiger partial charge in [-0.3, -0.25) is 0 Å². The first kappa shape index (κ1) is 20.7. The number of fused-ring (bicyclic) bond motifs is 1. The molecule has 8 heteroatoms. The Kier molecular flexibility index (Phi) is 5.40. The Morgan fingerprint density at radius 1 is 1.00 bits per heavy atom. The van der Waals surface area contributed by atoms with Crippen molar-refractivity contribution in [1.82, 2.24) is 19.9 Å². The number of hydrogen-bond acceptors (Lipinski definition) is 6. The van der Waals surface area contributed by atoms with Gasteiger partial charge in [-0.1, -0.05) is 30.3 Å². The number of benzene rings is 2. The minimum Gasteiger partial charge on any atom is -0.323 e. The number of anilines is 2. The van der Waals surface area contributed by atoms with Gasteiger partial charge in [0, 0.05) is 17.5 Å². The van der Waals surface area contributed by atoms with Crippen molar-refractivity contribution in [3.8, 4) is 11.3 Å². The van der Waals surface area contributed by atoms with Crippen LogP contribution >= 0.6 is 0 Å². The minimum absolute atomic E-state index is 0.277. The highest BCUT2D eigenvalue weighted by atomic mass is 32.2. The van der Waals surface area contributed by atoms with Crippen molar-refractivity contribution in [3.63, 3.8) is 0 Å². The van der Waals surface area contributed by atoms with Gasteiger partial charge in [-0.2, -0.15) is 4.98 Å². The van der Waals surface area contributed by atoms with Crippen molar-refractivity contribution in [2.24, 2.45) is 0 Å². The van der Waals surface area contributed by atoms with Crippen molar-refractivity contribution in [2.75, 3.05) is 24.7 Å². The molecule has 1 aliphatic rings. The quantitative estimate of drug-likeness (QED) is 0.481. The molecular weight excluding hydrogens is 422 g/mol. The van der Waals surface area contributed by atoms with E-state index in [1.807, 2.05) is 24.3 Å². The molecule has 7 nitrogen and oxygen atoms in total. The van der Waals surface area contributed by atoms with Crippen LogP contribution in [0.1, 0.15) is 24.3 Å². The van der Waals surface area contributed by atoms with Crippen molar-refractivity contribution < 1.29 is 8.42 Å². The Hall–Kier alpha value is -3.23. The van der Waals surface area contributed by atoms with Crippen molar-refractivity contribution in [3.05, 3.63) is 72.3 Å². The van der Waals surface area contributed by atoms with Crippen LogP contribution in [-0.2, 0) is 9.84 Å². The Balaban J connectivity index is 1.42. The summed E-state index contributed by atoms with van der Waals surface area (Å²) in [5, 5.41) is 11.3. The SMILES string of the molecule is CS(=O)(=O)c1cccc(-c2cccc3nc(Nc4ccc(C5CCNCC5)cc4)nn23)c1. The third-order valence-electron chi connectivity index (χ3n) is 5.90. The fraction of sp³-hybridized carbons (Fsp3) is 0.250. The smallest absolute Gasteiger partial charge is 0.247 e. The zero-order valence-corrected chi connectivity index (χ0v) is 18.6. The van der Waals surface area contributed by atoms with Gasteiger partial charge in [-0.15, -0.1) is 5.10 Å². The molecule has 0 unspecified atom stereocenters. The summed E-state index contributed by atoms with van der Waals surface area (Å²) < 4.78 is 25.7. The average molecular weight is 448 g/mol. The summed E-state index contributed by atoms with van der Waals surface area (Å²) in [6.07, 6.45) is 3.55. The van der Waals surface area contributed by atoms with Crippen LogP contribution in [0, 0.1) is 0 Å². The summed E-state index contributed by atoms with van der Waals surface area (Å²) in [5.74, 6) is 1.11. The van der Waals surface area contributed by atoms with Gasteiger partial charge in [0.25, 0.3) is 0 Å². The maximum Gasteiger partial charge on any atom is 0.247 e. The molecule has 1 saturated heterocycles. The van der Waals surface area contributed by atoms with Gasteiger partial charge in [-0.25, -0.2) is 12.9 Å². The first-order valence-corrected chi connectivity index (χ1v) is 12.6. The van der Waals surface area contributed by atoms with Crippen LogP contribution in [0.4, 0.5) is 11.6 Å². The first-order valence-electron chi connectivity index (χ1n) is 10.7. The molecule has 2 N–H and O–H groups in total. The second kappa shape index (κ2) is 8.37. The lowest BCUT2D eigenvalue weighted by Gasteiger charge is -2.23. The van der Waals surface area contributed by atoms with E-state index in [0.29, 0.717) is 17.5 Å². The van der Waals surface area contributed by atoms with E-state index in [9.17, 15) is 8.42 Å². The van der Waals surface area contributed by atoms with Gasteiger partial charge in [0.2, 0.25) is 5.95 Å². The van der Waals surface area contributed by atoms with E-state index in [4.69, 9.17) is 0 Å². The normalized spacial score (nSPS) is 15.2. The molecule has 5 rings (SSSR count). The van der Waals surface area contributed by atoms with E-state index in [1.165, 1.54) is 24.7 Å². The molecule has 0 saturated carbocycles. The third-order valence-corrected chi connectivity index (χ3v) is 7.01. The lowest BCUT2D eigenvalue weighted by molar-refractivity contribution is 0.460. The summed E-state index contributed by atoms with van der Waals surface area (Å²) in [5.41, 5.74) is 4.52. The van der Waals surface area contributed by atoms with Crippen LogP contribution in [0.25, 0.3) is 16.9 Å². The number of pyridine rings is 1. The number of rotatable bonds is 5. The molecule has 2 aromatic heterocycles. The molecule has 1 fully saturated rings. The first-order chi connectivity index (χ1) is 15.5. The van der Waals surface area contributed by atoms with Gasteiger partial charge in [0.05, 0.1) is 10.6 Å². The fourth-order valence-electron chi connectivity index (χ4n) is 4.19. The third kappa shape index (κ3) is 4.24. The summed E-state index contributed by atoms with van der Waals surface area (Å²) in [4.78, 5) is 4.87. The van der Waals surface area contributed by atoms with Gasteiger partial charge in [0.1, 0.15) is 0 Å². The Bertz CT molecular complexity index is 1360. The number of nitrogens with zero attached hydrogens (tertiary/aromatic N) is 3. The van der Waals surface area contributed by atoms with Crippen molar-refractivity contribution in [2.45, 2.75) is 23.7 Å². The Morgan fingerprint density at radius 2 is 1.75 bits per heavy atom. The van der Waals surface area contributed by atoms with Crippen LogP contribution in [-0.4, -0.2) is 42.4 Å². The van der Waals surface area contributed by atoms with Crippen LogP contribution < -0.4 is 10.6 Å². The zero-order chi connectivity index (χ0) is 22.1. The van der Waals surface area contributed by atoms with Crippen LogP contribution in [0.15, 0.2) is 71.6 Å². The standard InChI is InChI=1S/C24H25N5O2S/c1-32(30,31)21-5-2-4-19(16-21)22-6-3-7-23-27-24(28-29(22)23)26-20-10-8-17(9-11-20)18-12-14-25-15-13-18/h2-11,16,18,25H,12-15H2,1H3,(H,26,28). The predicted octanol–water partition coefficient (Wildman–Crippen LogP) is 4.01. The Morgan fingerprint density at radius 3 is 2.50 bits per heavy atom. The van der Waals surface area contributed by atoms with Crippen molar-refractivity contribution >= 4 is 27.1 Å². The number of aromatic nitrogens is 3. The molecule has 0 spiro atoms. The molecule has 3 heterocycles. The minimum atomic E-state index is -3.30. The van der Waals surface area contributed by atoms with E-state index < -0.39 is 9.84 Å². The number of nitrogens with one attached hydrogen (secondary N) is 2. The van der Waals surface area contributed by atoms with E-state index in [-0.39, 0.29) is 4.90 Å². The van der Waals surface area contributed by atoms with E-state index in [2.05, 4.69) is 45.0 Å². The summed E-state index contributed by atoms with van der Waals surface area (Å²) >= 11 is 0. The highest BCUT2D eigenvalue weighted by Crippen LogP contribution is 2.27. The predicted molar refractivity (Wildman–Crippen MR) is 126 cm³/mol. The summed E-state index contributed by atoms with van der Waals surface area (Å²) in [7, 11) is -3.30. The second-order valence-electron chi connectivity index (χ2n) is 8.19. The van der Waals surface area contributed by atoms with E-state index in [0.717, 1.165) is 30.0 Å². The molecule has 0 amide bonds. The van der Waals surface area contributed by atoms with Crippen molar-refractivity contribution in [1.29, 1.82) is 0 Å². The van der Waals surface area contributed by atoms with Crippen LogP contribution in [0.2, 0.25) is 0 Å². The van der Waals surface area contributed by atoms with Crippen LogP contribution in [0.5, 0.6) is 0 Å². The fourth-order valence-corrected chi connectivity index (χ4v) is 4.85. The molecule has 0 bridgehead atoms. The van der Waals surface area contributed by atoms with Gasteiger partial charge >= 0.3 is 0 Å². The molecule has 0 radical (unpaired) electrons. The Labute approximate surface area is 187 Å². The lowest BCUT2D eigenvalue weighted by Crippen LogP contribution is -2.26. The average Bonchev–Trinajstić information content (AvgIpc) is 3.22. The number of sulfone groups is 1. The maximum absolute atomic E-state index is 12.0. The molecule has 2 aromatic carbocycles. The largest absolute Gasteiger partial charge is 0.323 e. The highest BCUT2D eigenvalue weighted by Gasteiger charge is 2.15. The molecule has 0 aliphatic carbocycles. The zero-order valence-electron chi connectivity index (χ0n) is 17.8. The monoisotopic (exact) mass is 447 g/mol. The molecule has 0 atom stereocenters. The van der Waals surface area contributed by atoms with Gasteiger partial charge in [-0.05, 0) is 73.8 Å². The topological polar surface area (TPSA) is 88.4 Å². The summed E-state index contributed by atoms with van der Waals surface area (Å²) in [6.45, 7) is 2.15. The molecule has 164 valence electrons. The van der Waals surface area contributed by atoms with Gasteiger partial charge < -0.3 is 10.6 Å². The molecule has 32 heavy (non-hydrogen) atoms. The van der Waals surface area contributed by atoms with E-state index >= 15 is 0 Å². The van der Waals surface area contributed by atoms with Crippen LogP contribution in [0.3, 0.4) is 0 Å². The molecular formula is C24H25N5O2S. The highest BCUT2D eigenvalue weighted by molar-refractivity contribution is 7.90.